The summed E-state index contributed by atoms with van der Waals surface area (Å²) >= 11 is 6.01. The molecule has 0 bridgehead atoms. The third-order valence-electron chi connectivity index (χ3n) is 4.75. The Morgan fingerprint density at radius 3 is 2.33 bits per heavy atom. The Labute approximate surface area is 195 Å². The molecule has 0 saturated heterocycles. The first-order valence-corrected chi connectivity index (χ1v) is 11.7. The molecule has 1 heterocycles. The molecule has 0 atom stereocenters. The highest BCUT2D eigenvalue weighted by Gasteiger charge is 2.25. The van der Waals surface area contributed by atoms with E-state index in [1.165, 1.54) is 40.9 Å². The average Bonchev–Trinajstić information content (AvgIpc) is 3.31. The fraction of sp³-hybridized carbons (Fsp3) is 0.182. The number of nitrogens with zero attached hydrogens (tertiary/aromatic N) is 1. The van der Waals surface area contributed by atoms with Crippen LogP contribution in [-0.4, -0.2) is 37.6 Å². The SMILES string of the molecule is CCN(CC)S(=O)(=O)c1ccc(F)c(C(=O)Nc2ccc(Cl)cc2NC(=O)c2ccco2)c1. The lowest BCUT2D eigenvalue weighted by Crippen LogP contribution is -2.31. The molecular weight excluding hydrogens is 473 g/mol. The van der Waals surface area contributed by atoms with Gasteiger partial charge in [-0.2, -0.15) is 4.31 Å². The van der Waals surface area contributed by atoms with Gasteiger partial charge in [-0.1, -0.05) is 25.4 Å². The Morgan fingerprint density at radius 2 is 1.70 bits per heavy atom. The van der Waals surface area contributed by atoms with Crippen molar-refractivity contribution in [3.05, 3.63) is 77.0 Å². The number of nitrogens with one attached hydrogen (secondary N) is 2. The standard InChI is InChI=1S/C22H21ClFN3O5S/c1-3-27(4-2)33(30,31)15-8-9-17(24)16(13-15)21(28)25-18-10-7-14(23)12-19(18)26-22(29)20-6-5-11-32-20/h5-13H,3-4H2,1-2H3,(H,25,28)(H,26,29). The lowest BCUT2D eigenvalue weighted by Gasteiger charge is -2.19. The van der Waals surface area contributed by atoms with Gasteiger partial charge in [0.15, 0.2) is 5.76 Å². The number of halogens is 2. The summed E-state index contributed by atoms with van der Waals surface area (Å²) in [6, 6.07) is 10.3. The number of benzene rings is 2. The third kappa shape index (κ3) is 5.41. The Kier molecular flexibility index (Phi) is 7.52. The zero-order valence-corrected chi connectivity index (χ0v) is 19.3. The van der Waals surface area contributed by atoms with Crippen molar-refractivity contribution in [2.75, 3.05) is 23.7 Å². The molecular formula is C22H21ClFN3O5S. The van der Waals surface area contributed by atoms with Gasteiger partial charge in [0.1, 0.15) is 5.82 Å². The maximum absolute atomic E-state index is 14.5. The Bertz CT molecular complexity index is 1280. The Balaban J connectivity index is 1.91. The van der Waals surface area contributed by atoms with Gasteiger partial charge in [0, 0.05) is 18.1 Å². The Morgan fingerprint density at radius 1 is 1.00 bits per heavy atom. The molecule has 11 heteroatoms. The second kappa shape index (κ2) is 10.2. The monoisotopic (exact) mass is 493 g/mol. The van der Waals surface area contributed by atoms with Gasteiger partial charge >= 0.3 is 0 Å². The van der Waals surface area contributed by atoms with E-state index in [2.05, 4.69) is 10.6 Å². The summed E-state index contributed by atoms with van der Waals surface area (Å²) in [5.41, 5.74) is -0.202. The second-order valence-corrected chi connectivity index (χ2v) is 9.18. The number of hydrogen-bond acceptors (Lipinski definition) is 5. The highest BCUT2D eigenvalue weighted by molar-refractivity contribution is 7.89. The van der Waals surface area contributed by atoms with E-state index in [0.29, 0.717) is 0 Å². The number of carbonyl (C=O) groups excluding carboxylic acids is 2. The van der Waals surface area contributed by atoms with Crippen LogP contribution in [-0.2, 0) is 10.0 Å². The van der Waals surface area contributed by atoms with Gasteiger partial charge in [-0.15, -0.1) is 0 Å². The van der Waals surface area contributed by atoms with Crippen molar-refractivity contribution in [1.82, 2.24) is 4.31 Å². The molecule has 1 aromatic heterocycles. The third-order valence-corrected chi connectivity index (χ3v) is 7.03. The van der Waals surface area contributed by atoms with Crippen molar-refractivity contribution in [1.29, 1.82) is 0 Å². The molecule has 0 fully saturated rings. The van der Waals surface area contributed by atoms with Gasteiger partial charge in [0.05, 0.1) is 28.1 Å². The van der Waals surface area contributed by atoms with Crippen LogP contribution in [0.15, 0.2) is 64.1 Å². The second-order valence-electron chi connectivity index (χ2n) is 6.81. The lowest BCUT2D eigenvalue weighted by molar-refractivity contribution is 0.0992. The molecule has 0 radical (unpaired) electrons. The number of carbonyl (C=O) groups is 2. The first-order chi connectivity index (χ1) is 15.7. The van der Waals surface area contributed by atoms with Gasteiger partial charge in [0.2, 0.25) is 10.0 Å². The van der Waals surface area contributed by atoms with Crippen molar-refractivity contribution in [2.24, 2.45) is 0 Å². The maximum Gasteiger partial charge on any atom is 0.291 e. The van der Waals surface area contributed by atoms with E-state index in [1.54, 1.807) is 13.8 Å². The van der Waals surface area contributed by atoms with Crippen molar-refractivity contribution >= 4 is 44.8 Å². The summed E-state index contributed by atoms with van der Waals surface area (Å²) in [6.07, 6.45) is 1.33. The summed E-state index contributed by atoms with van der Waals surface area (Å²) in [5, 5.41) is 5.33. The molecule has 3 rings (SSSR count). The molecule has 0 unspecified atom stereocenters. The van der Waals surface area contributed by atoms with Crippen LogP contribution in [0.2, 0.25) is 5.02 Å². The van der Waals surface area contributed by atoms with E-state index in [4.69, 9.17) is 16.0 Å². The lowest BCUT2D eigenvalue weighted by atomic mass is 10.2. The first kappa shape index (κ1) is 24.4. The summed E-state index contributed by atoms with van der Waals surface area (Å²) in [6.45, 7) is 3.80. The minimum atomic E-state index is -3.90. The van der Waals surface area contributed by atoms with Crippen LogP contribution < -0.4 is 10.6 Å². The van der Waals surface area contributed by atoms with Crippen molar-refractivity contribution in [3.63, 3.8) is 0 Å². The van der Waals surface area contributed by atoms with Crippen LogP contribution in [0.3, 0.4) is 0 Å². The number of furan rings is 1. The van der Waals surface area contributed by atoms with E-state index in [1.807, 2.05) is 0 Å². The average molecular weight is 494 g/mol. The topological polar surface area (TPSA) is 109 Å². The molecule has 0 aliphatic carbocycles. The van der Waals surface area contributed by atoms with E-state index in [-0.39, 0.29) is 40.1 Å². The minimum Gasteiger partial charge on any atom is -0.459 e. The summed E-state index contributed by atoms with van der Waals surface area (Å²) in [4.78, 5) is 25.0. The van der Waals surface area contributed by atoms with Gasteiger partial charge in [-0.3, -0.25) is 9.59 Å². The van der Waals surface area contributed by atoms with E-state index >= 15 is 0 Å². The molecule has 8 nitrogen and oxygen atoms in total. The highest BCUT2D eigenvalue weighted by atomic mass is 35.5. The first-order valence-electron chi connectivity index (χ1n) is 9.92. The predicted molar refractivity (Wildman–Crippen MR) is 123 cm³/mol. The van der Waals surface area contributed by atoms with E-state index in [9.17, 15) is 22.4 Å². The molecule has 2 aromatic carbocycles. The quantitative estimate of drug-likeness (QED) is 0.476. The Hall–Kier alpha value is -3.21. The maximum atomic E-state index is 14.5. The van der Waals surface area contributed by atoms with Gasteiger partial charge in [-0.05, 0) is 48.5 Å². The molecule has 0 spiro atoms. The van der Waals surface area contributed by atoms with Gasteiger partial charge in [0.25, 0.3) is 11.8 Å². The summed E-state index contributed by atoms with van der Waals surface area (Å²) in [5.74, 6) is -2.36. The number of anilines is 2. The molecule has 33 heavy (non-hydrogen) atoms. The smallest absolute Gasteiger partial charge is 0.291 e. The number of hydrogen-bond donors (Lipinski definition) is 2. The van der Waals surface area contributed by atoms with Crippen molar-refractivity contribution < 1.29 is 26.8 Å². The fourth-order valence-electron chi connectivity index (χ4n) is 3.06. The van der Waals surface area contributed by atoms with Crippen LogP contribution in [0.5, 0.6) is 0 Å². The largest absolute Gasteiger partial charge is 0.459 e. The molecule has 0 aliphatic heterocycles. The van der Waals surface area contributed by atoms with E-state index < -0.39 is 33.2 Å². The minimum absolute atomic E-state index is 0.0348. The van der Waals surface area contributed by atoms with Crippen LogP contribution in [0, 0.1) is 5.82 Å². The van der Waals surface area contributed by atoms with Crippen LogP contribution in [0.4, 0.5) is 15.8 Å². The number of amides is 2. The van der Waals surface area contributed by atoms with Crippen LogP contribution in [0.25, 0.3) is 0 Å². The predicted octanol–water partition coefficient (Wildman–Crippen LogP) is 4.61. The fourth-order valence-corrected chi connectivity index (χ4v) is 4.72. The van der Waals surface area contributed by atoms with Gasteiger partial charge < -0.3 is 15.1 Å². The molecule has 0 aliphatic rings. The van der Waals surface area contributed by atoms with Gasteiger partial charge in [-0.25, -0.2) is 12.8 Å². The molecule has 2 amide bonds. The summed E-state index contributed by atoms with van der Waals surface area (Å²) in [7, 11) is -3.90. The molecule has 2 N–H and O–H groups in total. The zero-order valence-electron chi connectivity index (χ0n) is 17.8. The zero-order chi connectivity index (χ0) is 24.2. The normalized spacial score (nSPS) is 11.4. The van der Waals surface area contributed by atoms with Crippen LogP contribution in [0.1, 0.15) is 34.8 Å². The molecule has 174 valence electrons. The molecule has 3 aromatic rings. The highest BCUT2D eigenvalue weighted by Crippen LogP contribution is 2.28. The number of rotatable bonds is 8. The number of sulfonamides is 1. The van der Waals surface area contributed by atoms with Crippen molar-refractivity contribution in [2.45, 2.75) is 18.7 Å². The van der Waals surface area contributed by atoms with E-state index in [0.717, 1.165) is 18.2 Å². The van der Waals surface area contributed by atoms with Crippen molar-refractivity contribution in [3.8, 4) is 0 Å². The molecule has 0 saturated carbocycles. The van der Waals surface area contributed by atoms with Crippen LogP contribution >= 0.6 is 11.6 Å². The summed E-state index contributed by atoms with van der Waals surface area (Å²) < 4.78 is 46.2.